The van der Waals surface area contributed by atoms with Crippen LogP contribution < -0.4 is 27.2 Å². The summed E-state index contributed by atoms with van der Waals surface area (Å²) in [6, 6.07) is 26.9. The van der Waals surface area contributed by atoms with Crippen LogP contribution in [0.2, 0.25) is 0 Å². The minimum atomic E-state index is -2.54. The second-order valence-corrected chi connectivity index (χ2v) is 28.9. The average molecular weight is 1460 g/mol. The number of nitrogens with zero attached hydrogens (tertiary/aromatic N) is 3. The summed E-state index contributed by atoms with van der Waals surface area (Å²) >= 11 is 0. The number of carbonyl (C=O) groups is 10. The van der Waals surface area contributed by atoms with Crippen LogP contribution in [0.25, 0.3) is 11.2 Å². The van der Waals surface area contributed by atoms with Gasteiger partial charge in [0.1, 0.15) is 48.4 Å². The lowest BCUT2D eigenvalue weighted by molar-refractivity contribution is -0.346. The SMILES string of the molecule is CC(=O)O[C@H]1C(=O)[C@@]2(C)[C@H]([C@H](OC(=O)c3ccccc3)[C@]3(O)C[C@H](OC(=O)[C@H](OC(=O)OCCSSCCCC(=O)CC[C@H](NC(=O)c4ccc(NCc5cnc6nc(N)[nH]c(=O)c6n5)cc4)C(=O)O)[C@@H](NC(=O)c4ccccc4)c4ccccc4)C(C)=C1C3(C)C)[C@]1(OC(C)=O)CO[C@@H]1C[C@@H]2O. The van der Waals surface area contributed by atoms with Crippen LogP contribution in [-0.4, -0.2) is 173 Å². The third-order valence-corrected chi connectivity index (χ3v) is 21.7. The zero-order valence-corrected chi connectivity index (χ0v) is 58.6. The van der Waals surface area contributed by atoms with Gasteiger partial charge in [-0.05, 0) is 91.9 Å². The number of esters is 4. The predicted molar refractivity (Wildman–Crippen MR) is 371 cm³/mol. The number of fused-ring (bicyclic) bond motifs is 6. The summed E-state index contributed by atoms with van der Waals surface area (Å²) in [6.45, 7) is 7.53. The lowest BCUT2D eigenvalue weighted by Gasteiger charge is -2.67. The monoisotopic (exact) mass is 1450 g/mol. The summed E-state index contributed by atoms with van der Waals surface area (Å²) in [5.41, 5.74) is -1.72. The van der Waals surface area contributed by atoms with Gasteiger partial charge < -0.3 is 70.2 Å². The van der Waals surface area contributed by atoms with Crippen LogP contribution >= 0.6 is 21.6 Å². The van der Waals surface area contributed by atoms with Gasteiger partial charge in [-0.3, -0.25) is 38.5 Å². The van der Waals surface area contributed by atoms with E-state index in [2.05, 4.69) is 35.9 Å². The Morgan fingerprint density at radius 2 is 1.43 bits per heavy atom. The van der Waals surface area contributed by atoms with E-state index in [4.69, 9.17) is 38.9 Å². The van der Waals surface area contributed by atoms with Crippen molar-refractivity contribution in [2.45, 2.75) is 147 Å². The van der Waals surface area contributed by atoms with Crippen LogP contribution in [0.1, 0.15) is 128 Å². The minimum Gasteiger partial charge on any atom is -0.480 e. The molecule has 544 valence electrons. The summed E-state index contributed by atoms with van der Waals surface area (Å²) in [5, 5.41) is 44.7. The summed E-state index contributed by atoms with van der Waals surface area (Å²) in [5.74, 6) is -9.17. The number of carboxylic acids is 1. The van der Waals surface area contributed by atoms with E-state index in [0.29, 0.717) is 23.6 Å². The molecule has 12 atom stereocenters. The van der Waals surface area contributed by atoms with E-state index in [1.807, 2.05) is 0 Å². The molecule has 1 aliphatic heterocycles. The van der Waals surface area contributed by atoms with Crippen LogP contribution in [-0.2, 0) is 68.5 Å². The van der Waals surface area contributed by atoms with Crippen molar-refractivity contribution >= 4 is 104 Å². The Morgan fingerprint density at radius 1 is 0.786 bits per heavy atom. The molecule has 0 spiro atoms. The first-order valence-electron chi connectivity index (χ1n) is 33.1. The Bertz CT molecular complexity index is 4300. The van der Waals surface area contributed by atoms with Gasteiger partial charge in [-0.25, -0.2) is 29.1 Å². The Labute approximate surface area is 597 Å². The number of aliphatic hydroxyl groups excluding tert-OH is 1. The zero-order valence-electron chi connectivity index (χ0n) is 56.9. The van der Waals surface area contributed by atoms with Crippen LogP contribution in [0.15, 0.2) is 137 Å². The number of Topliss-reactive ketones (excluding diaryl/α,β-unsaturated/α-hetero) is 2. The molecule has 3 aliphatic carbocycles. The molecule has 0 unspecified atom stereocenters. The third-order valence-electron chi connectivity index (χ3n) is 19.3. The highest BCUT2D eigenvalue weighted by Crippen LogP contribution is 2.64. The van der Waals surface area contributed by atoms with Crippen LogP contribution in [0.4, 0.5) is 16.4 Å². The minimum absolute atomic E-state index is 0.00432. The molecule has 2 amide bonds. The summed E-state index contributed by atoms with van der Waals surface area (Å²) in [4.78, 5) is 166. The Morgan fingerprint density at radius 3 is 2.07 bits per heavy atom. The van der Waals surface area contributed by atoms with Gasteiger partial charge in [-0.2, -0.15) is 4.98 Å². The number of hydrogen-bond acceptors (Lipinski definition) is 27. The Hall–Kier alpha value is -10.1. The number of amides is 2. The highest BCUT2D eigenvalue weighted by Gasteiger charge is 2.78. The Kier molecular flexibility index (Phi) is 23.5. The number of carbonyl (C=O) groups excluding carboxylic acids is 9. The molecule has 2 bridgehead atoms. The van der Waals surface area contributed by atoms with Crippen molar-refractivity contribution in [3.8, 4) is 0 Å². The molecule has 4 aromatic carbocycles. The van der Waals surface area contributed by atoms with Crippen molar-refractivity contribution in [3.05, 3.63) is 171 Å². The van der Waals surface area contributed by atoms with Crippen molar-refractivity contribution < 1.29 is 96.4 Å². The molecule has 4 aliphatic rings. The second kappa shape index (κ2) is 32.1. The zero-order chi connectivity index (χ0) is 74.1. The van der Waals surface area contributed by atoms with E-state index < -0.39 is 149 Å². The largest absolute Gasteiger partial charge is 0.509 e. The lowest BCUT2D eigenvalue weighted by atomic mass is 9.44. The van der Waals surface area contributed by atoms with Crippen molar-refractivity contribution in [2.24, 2.45) is 16.7 Å². The molecule has 3 fully saturated rings. The van der Waals surface area contributed by atoms with Gasteiger partial charge >= 0.3 is 36.0 Å². The summed E-state index contributed by atoms with van der Waals surface area (Å²) in [6.07, 6.45) is -11.2. The topological polar surface area (TPSA) is 430 Å². The van der Waals surface area contributed by atoms with Gasteiger partial charge in [0.25, 0.3) is 17.4 Å². The average Bonchev–Trinajstić information content (AvgIpc) is 0.669. The number of rotatable bonds is 28. The number of ketones is 2. The molecule has 2 saturated carbocycles. The van der Waals surface area contributed by atoms with Crippen molar-refractivity contribution in [3.63, 3.8) is 0 Å². The number of benzene rings is 4. The number of ether oxygens (including phenoxy) is 7. The molecule has 9 N–H and O–H groups in total. The van der Waals surface area contributed by atoms with Crippen molar-refractivity contribution in [2.75, 3.05) is 35.8 Å². The number of carboxylic acid groups (broad SMARTS) is 1. The Balaban J connectivity index is 0.809. The molecule has 103 heavy (non-hydrogen) atoms. The highest BCUT2D eigenvalue weighted by atomic mass is 33.1. The number of anilines is 2. The number of nitrogens with one attached hydrogen (secondary N) is 4. The van der Waals surface area contributed by atoms with Crippen molar-refractivity contribution in [1.29, 1.82) is 0 Å². The fourth-order valence-corrected chi connectivity index (χ4v) is 15.9. The first kappa shape index (κ1) is 75.6. The fourth-order valence-electron chi connectivity index (χ4n) is 13.9. The third kappa shape index (κ3) is 16.4. The van der Waals surface area contributed by atoms with Gasteiger partial charge in [0.2, 0.25) is 12.1 Å². The van der Waals surface area contributed by atoms with Crippen LogP contribution in [0, 0.1) is 16.7 Å². The van der Waals surface area contributed by atoms with Gasteiger partial charge in [0.15, 0.2) is 28.7 Å². The molecule has 0 radical (unpaired) electrons. The summed E-state index contributed by atoms with van der Waals surface area (Å²) in [7, 11) is 2.62. The maximum Gasteiger partial charge on any atom is 0.509 e. The van der Waals surface area contributed by atoms with E-state index in [9.17, 15) is 58.5 Å². The summed E-state index contributed by atoms with van der Waals surface area (Å²) < 4.78 is 42.4. The molecule has 6 aromatic rings. The molecule has 10 rings (SSSR count). The van der Waals surface area contributed by atoms with Gasteiger partial charge in [0.05, 0.1) is 48.0 Å². The number of H-pyrrole nitrogens is 1. The van der Waals surface area contributed by atoms with Gasteiger partial charge in [0, 0.05) is 73.3 Å². The van der Waals surface area contributed by atoms with Crippen LogP contribution in [0.3, 0.4) is 0 Å². The van der Waals surface area contributed by atoms with E-state index in [1.165, 1.54) is 91.9 Å². The quantitative estimate of drug-likeness (QED) is 0.00852. The molecular weight excluding hydrogens is 1380 g/mol. The number of aliphatic carboxylic acids is 1. The molecule has 2 aromatic heterocycles. The highest BCUT2D eigenvalue weighted by molar-refractivity contribution is 8.76. The normalized spacial score (nSPS) is 23.9. The number of aromatic nitrogens is 4. The first-order valence-corrected chi connectivity index (χ1v) is 35.5. The predicted octanol–water partition coefficient (Wildman–Crippen LogP) is 6.51. The number of nitrogen functional groups attached to an aromatic ring is 1. The molecule has 1 saturated heterocycles. The fraction of sp³-hybridized carbons (Fsp3) is 0.417. The van der Waals surface area contributed by atoms with E-state index in [-0.39, 0.29) is 101 Å². The molecule has 29 nitrogen and oxygen atoms in total. The number of hydrogen-bond donors (Lipinski definition) is 8. The number of aliphatic hydroxyl groups is 2. The number of nitrogens with two attached hydrogens (primary N) is 1. The molecule has 31 heteroatoms. The lowest BCUT2D eigenvalue weighted by Crippen LogP contribution is -2.82. The van der Waals surface area contributed by atoms with Gasteiger partial charge in [-0.1, -0.05) is 102 Å². The second-order valence-electron chi connectivity index (χ2n) is 26.2. The van der Waals surface area contributed by atoms with Gasteiger partial charge in [-0.15, -0.1) is 0 Å². The number of aromatic amines is 1. The molecule has 3 heterocycles. The van der Waals surface area contributed by atoms with E-state index in [1.54, 1.807) is 78.9 Å². The smallest absolute Gasteiger partial charge is 0.480 e. The van der Waals surface area contributed by atoms with E-state index >= 15 is 9.59 Å². The van der Waals surface area contributed by atoms with E-state index in [0.717, 1.165) is 13.8 Å². The maximum absolute atomic E-state index is 15.9. The molecular formula is C72H78N8O21S2. The first-order chi connectivity index (χ1) is 49.1. The standard InChI is InChI=1S/C72H78N8O21S2/c1-38-49(34-72(94)59(100-65(91)44-21-14-9-15-22-44)57-70(6,50(84)33-51-71(57,37-96-51)101-40(3)82)58(85)55(97-39(2)81)52(38)69(72,4)5)98-66(92)56(53(41-17-10-7-11-18-41)78-62(87)42-19-12-8-13-20-42)99-68(93)95-30-32-103-102-31-16-23-47(83)28-29-48(64(89)90)77-61(86)43-24-26-45(27-25-43)74-35-46-36-75-60-54(76-46)63(88)80-67(73)79-60/h7-15,17-22,24-27,36,48-51,53,55-57,59,74,84,94H,16,23,28-35,37H2,1-6H3,(H,77,86)(H,78,87)(H,89,90)(H3,73,75,79,80,88)/t48-,49-,50-,51+,53-,55+,56+,57-,59-,70+,71-,72+/m0/s1. The maximum atomic E-state index is 15.9. The van der Waals surface area contributed by atoms with Crippen molar-refractivity contribution in [1.82, 2.24) is 30.6 Å². The van der Waals surface area contributed by atoms with Crippen LogP contribution in [0.5, 0.6) is 0 Å².